The molecule has 2 amide bonds. The molecule has 1 aromatic carbocycles. The Kier molecular flexibility index (Phi) is 7.74. The van der Waals surface area contributed by atoms with Crippen molar-refractivity contribution in [2.24, 2.45) is 11.8 Å². The number of ether oxygens (including phenoxy) is 1. The maximum absolute atomic E-state index is 13.4. The monoisotopic (exact) mass is 481 g/mol. The van der Waals surface area contributed by atoms with Crippen LogP contribution in [0.5, 0.6) is 0 Å². The van der Waals surface area contributed by atoms with Gasteiger partial charge in [0.15, 0.2) is 5.78 Å². The zero-order chi connectivity index (χ0) is 24.8. The molecule has 8 nitrogen and oxygen atoms in total. The van der Waals surface area contributed by atoms with Gasteiger partial charge in [-0.25, -0.2) is 9.18 Å². The SMILES string of the molecule is O=C1OCCC1=C[C@H](C[C@@H]1CCNC1=O)NC(=O)[C@@H](CC(=O)c1ccc[nH]1)Cc1ccc(F)cc1. The lowest BCUT2D eigenvalue weighted by molar-refractivity contribution is -0.135. The second kappa shape index (κ2) is 11.1. The molecule has 0 saturated carbocycles. The number of amides is 2. The van der Waals surface area contributed by atoms with E-state index in [9.17, 15) is 23.6 Å². The fourth-order valence-electron chi connectivity index (χ4n) is 4.49. The number of H-pyrrole nitrogens is 1. The molecule has 184 valence electrons. The molecule has 35 heavy (non-hydrogen) atoms. The fourth-order valence-corrected chi connectivity index (χ4v) is 4.49. The van der Waals surface area contributed by atoms with Gasteiger partial charge in [-0.1, -0.05) is 18.2 Å². The summed E-state index contributed by atoms with van der Waals surface area (Å²) in [4.78, 5) is 53.3. The summed E-state index contributed by atoms with van der Waals surface area (Å²) in [6.07, 6.45) is 4.89. The van der Waals surface area contributed by atoms with Crippen LogP contribution in [0.25, 0.3) is 0 Å². The normalized spacial score (nSPS) is 20.4. The van der Waals surface area contributed by atoms with Crippen molar-refractivity contribution in [3.05, 3.63) is 71.3 Å². The Morgan fingerprint density at radius 2 is 2.00 bits per heavy atom. The van der Waals surface area contributed by atoms with E-state index < -0.39 is 17.9 Å². The molecule has 2 aliphatic rings. The third kappa shape index (κ3) is 6.44. The van der Waals surface area contributed by atoms with Crippen molar-refractivity contribution in [1.82, 2.24) is 15.6 Å². The highest BCUT2D eigenvalue weighted by atomic mass is 19.1. The van der Waals surface area contributed by atoms with Gasteiger partial charge in [-0.05, 0) is 49.1 Å². The number of cyclic esters (lactones) is 1. The van der Waals surface area contributed by atoms with Gasteiger partial charge < -0.3 is 20.4 Å². The van der Waals surface area contributed by atoms with Gasteiger partial charge in [-0.3, -0.25) is 14.4 Å². The predicted octanol–water partition coefficient (Wildman–Crippen LogP) is 2.47. The van der Waals surface area contributed by atoms with Crippen LogP contribution in [-0.2, 0) is 25.5 Å². The van der Waals surface area contributed by atoms with E-state index in [1.165, 1.54) is 12.1 Å². The number of ketones is 1. The van der Waals surface area contributed by atoms with Gasteiger partial charge in [0.1, 0.15) is 5.82 Å². The highest BCUT2D eigenvalue weighted by molar-refractivity contribution is 5.97. The van der Waals surface area contributed by atoms with Crippen LogP contribution in [0.4, 0.5) is 4.39 Å². The van der Waals surface area contributed by atoms with E-state index in [0.29, 0.717) is 37.1 Å². The Labute approximate surface area is 202 Å². The average Bonchev–Trinajstić information content (AvgIpc) is 3.59. The van der Waals surface area contributed by atoms with E-state index in [4.69, 9.17) is 4.74 Å². The number of halogens is 1. The number of carbonyl (C=O) groups excluding carboxylic acids is 4. The third-order valence-electron chi connectivity index (χ3n) is 6.39. The van der Waals surface area contributed by atoms with Crippen LogP contribution in [0.1, 0.15) is 41.7 Å². The van der Waals surface area contributed by atoms with E-state index in [2.05, 4.69) is 15.6 Å². The summed E-state index contributed by atoms with van der Waals surface area (Å²) in [6.45, 7) is 0.855. The number of rotatable bonds is 10. The maximum Gasteiger partial charge on any atom is 0.333 e. The van der Waals surface area contributed by atoms with Crippen LogP contribution in [0, 0.1) is 17.7 Å². The van der Waals surface area contributed by atoms with E-state index >= 15 is 0 Å². The van der Waals surface area contributed by atoms with E-state index in [1.807, 2.05) is 0 Å². The van der Waals surface area contributed by atoms with Crippen LogP contribution in [-0.4, -0.2) is 47.7 Å². The highest BCUT2D eigenvalue weighted by Crippen LogP contribution is 2.22. The Balaban J connectivity index is 1.54. The van der Waals surface area contributed by atoms with Gasteiger partial charge in [0.05, 0.1) is 12.3 Å². The minimum Gasteiger partial charge on any atom is -0.462 e. The maximum atomic E-state index is 13.4. The Morgan fingerprint density at radius 1 is 1.20 bits per heavy atom. The molecule has 0 unspecified atom stereocenters. The number of aromatic nitrogens is 1. The second-order valence-electron chi connectivity index (χ2n) is 8.94. The molecule has 2 saturated heterocycles. The molecule has 0 spiro atoms. The Hall–Kier alpha value is -3.75. The van der Waals surface area contributed by atoms with Crippen molar-refractivity contribution in [2.75, 3.05) is 13.2 Å². The lowest BCUT2D eigenvalue weighted by Crippen LogP contribution is -2.41. The van der Waals surface area contributed by atoms with Gasteiger partial charge in [0.25, 0.3) is 0 Å². The number of carbonyl (C=O) groups is 4. The lowest BCUT2D eigenvalue weighted by Gasteiger charge is -2.22. The number of hydrogen-bond acceptors (Lipinski definition) is 5. The molecule has 2 fully saturated rings. The molecular weight excluding hydrogens is 453 g/mol. The molecule has 4 rings (SSSR count). The molecule has 1 aromatic heterocycles. The topological polar surface area (TPSA) is 117 Å². The smallest absolute Gasteiger partial charge is 0.333 e. The van der Waals surface area contributed by atoms with Crippen molar-refractivity contribution in [3.63, 3.8) is 0 Å². The molecular formula is C26H28FN3O5. The summed E-state index contributed by atoms with van der Waals surface area (Å²) in [7, 11) is 0. The van der Waals surface area contributed by atoms with Crippen molar-refractivity contribution in [3.8, 4) is 0 Å². The van der Waals surface area contributed by atoms with Crippen LogP contribution < -0.4 is 10.6 Å². The Bertz CT molecular complexity index is 1110. The molecule has 3 heterocycles. The van der Waals surface area contributed by atoms with Gasteiger partial charge in [-0.2, -0.15) is 0 Å². The zero-order valence-corrected chi connectivity index (χ0v) is 19.2. The minimum atomic E-state index is -0.731. The summed E-state index contributed by atoms with van der Waals surface area (Å²) in [6, 6.07) is 8.58. The van der Waals surface area contributed by atoms with Gasteiger partial charge in [0.2, 0.25) is 11.8 Å². The zero-order valence-electron chi connectivity index (χ0n) is 19.2. The largest absolute Gasteiger partial charge is 0.462 e. The van der Waals surface area contributed by atoms with Gasteiger partial charge >= 0.3 is 5.97 Å². The second-order valence-corrected chi connectivity index (χ2v) is 8.94. The molecule has 0 radical (unpaired) electrons. The van der Waals surface area contributed by atoms with Crippen LogP contribution >= 0.6 is 0 Å². The first-order chi connectivity index (χ1) is 16.9. The first kappa shape index (κ1) is 24.4. The molecule has 9 heteroatoms. The number of Topliss-reactive ketones (excluding diaryl/α,β-unsaturated/α-hetero) is 1. The quantitative estimate of drug-likeness (QED) is 0.274. The summed E-state index contributed by atoms with van der Waals surface area (Å²) in [5.41, 5.74) is 1.58. The number of esters is 1. The van der Waals surface area contributed by atoms with Gasteiger partial charge in [-0.15, -0.1) is 0 Å². The van der Waals surface area contributed by atoms with Crippen molar-refractivity contribution < 1.29 is 28.3 Å². The van der Waals surface area contributed by atoms with Crippen LogP contribution in [0.2, 0.25) is 0 Å². The standard InChI is InChI=1S/C26H28FN3O5/c27-20-5-3-16(4-6-20)12-19(15-23(31)22-2-1-9-28-22)25(33)30-21(13-17-7-10-29-24(17)32)14-18-8-11-35-26(18)34/h1-6,9,14,17,19,21,28H,7-8,10-13,15H2,(H,29,32)(H,30,33)/t17-,19+,21-/m0/s1. The predicted molar refractivity (Wildman–Crippen MR) is 125 cm³/mol. The first-order valence-corrected chi connectivity index (χ1v) is 11.8. The molecule has 0 bridgehead atoms. The average molecular weight is 482 g/mol. The van der Waals surface area contributed by atoms with E-state index in [1.54, 1.807) is 36.5 Å². The summed E-state index contributed by atoms with van der Waals surface area (Å²) in [5.74, 6) is -2.51. The summed E-state index contributed by atoms with van der Waals surface area (Å²) < 4.78 is 18.4. The summed E-state index contributed by atoms with van der Waals surface area (Å²) >= 11 is 0. The third-order valence-corrected chi connectivity index (χ3v) is 6.39. The van der Waals surface area contributed by atoms with E-state index in [0.717, 1.165) is 5.56 Å². The lowest BCUT2D eigenvalue weighted by atomic mass is 9.91. The number of nitrogens with one attached hydrogen (secondary N) is 3. The van der Waals surface area contributed by atoms with E-state index in [-0.39, 0.29) is 48.8 Å². The Morgan fingerprint density at radius 3 is 2.63 bits per heavy atom. The van der Waals surface area contributed by atoms with Crippen molar-refractivity contribution in [2.45, 2.75) is 38.1 Å². The fraction of sp³-hybridized carbons (Fsp3) is 0.385. The molecule has 2 aliphatic heterocycles. The summed E-state index contributed by atoms with van der Waals surface area (Å²) in [5, 5.41) is 5.74. The number of hydrogen-bond donors (Lipinski definition) is 3. The minimum absolute atomic E-state index is 0.0566. The first-order valence-electron chi connectivity index (χ1n) is 11.8. The molecule has 0 aliphatic carbocycles. The number of benzene rings is 1. The van der Waals surface area contributed by atoms with Gasteiger partial charge in [0, 0.05) is 49.0 Å². The highest BCUT2D eigenvalue weighted by Gasteiger charge is 2.31. The molecule has 3 N–H and O–H groups in total. The number of aromatic amines is 1. The molecule has 3 atom stereocenters. The van der Waals surface area contributed by atoms with Crippen LogP contribution in [0.3, 0.4) is 0 Å². The molecule has 2 aromatic rings. The van der Waals surface area contributed by atoms with Crippen molar-refractivity contribution >= 4 is 23.6 Å². The van der Waals surface area contributed by atoms with Crippen molar-refractivity contribution in [1.29, 1.82) is 0 Å². The van der Waals surface area contributed by atoms with Crippen LogP contribution in [0.15, 0.2) is 54.2 Å².